The number of halogens is 3. The molecule has 86 valence electrons. The summed E-state index contributed by atoms with van der Waals surface area (Å²) >= 11 is 17.1. The highest BCUT2D eigenvalue weighted by Crippen LogP contribution is 2.23. The summed E-state index contributed by atoms with van der Waals surface area (Å²) in [5, 5.41) is 7.76. The van der Waals surface area contributed by atoms with Crippen LogP contribution in [-0.2, 0) is 6.42 Å². The van der Waals surface area contributed by atoms with Crippen molar-refractivity contribution in [1.29, 1.82) is 5.41 Å². The van der Waals surface area contributed by atoms with Crippen molar-refractivity contribution in [2.45, 2.75) is 6.42 Å². The highest BCUT2D eigenvalue weighted by atomic mass is 35.5. The Morgan fingerprint density at radius 3 is 2.69 bits per heavy atom. The normalized spacial score (nSPS) is 11.4. The molecule has 0 spiro atoms. The molecule has 0 aromatic heterocycles. The van der Waals surface area contributed by atoms with E-state index in [1.807, 2.05) is 6.07 Å². The van der Waals surface area contributed by atoms with Crippen molar-refractivity contribution < 1.29 is 4.74 Å². The molecule has 1 rings (SSSR count). The molecule has 0 saturated heterocycles. The van der Waals surface area contributed by atoms with Crippen molar-refractivity contribution in [3.63, 3.8) is 0 Å². The molecule has 5 heteroatoms. The summed E-state index contributed by atoms with van der Waals surface area (Å²) in [7, 11) is 1.59. The van der Waals surface area contributed by atoms with E-state index in [1.165, 1.54) is 0 Å². The predicted octanol–water partition coefficient (Wildman–Crippen LogP) is 4.23. The van der Waals surface area contributed by atoms with E-state index in [4.69, 9.17) is 44.9 Å². The fraction of sp³-hybridized carbons (Fsp3) is 0.182. The highest BCUT2D eigenvalue weighted by Gasteiger charge is 2.03. The maximum Gasteiger partial charge on any atom is 0.139 e. The second-order valence-corrected chi connectivity index (χ2v) is 4.22. The number of rotatable bonds is 4. The summed E-state index contributed by atoms with van der Waals surface area (Å²) < 4.78 is 5.08. The fourth-order valence-electron chi connectivity index (χ4n) is 1.12. The summed E-state index contributed by atoms with van der Waals surface area (Å²) in [5.41, 5.74) is 0.872. The van der Waals surface area contributed by atoms with Crippen LogP contribution in [0, 0.1) is 5.41 Å². The summed E-state index contributed by atoms with van der Waals surface area (Å²) in [5.74, 6) is 0.727. The molecule has 0 aliphatic rings. The number of methoxy groups -OCH3 is 1. The van der Waals surface area contributed by atoms with E-state index in [-0.39, 0.29) is 10.2 Å². The Morgan fingerprint density at radius 2 is 2.12 bits per heavy atom. The van der Waals surface area contributed by atoms with Gasteiger partial charge in [-0.2, -0.15) is 0 Å². The van der Waals surface area contributed by atoms with E-state index in [1.54, 1.807) is 25.3 Å². The molecule has 1 N–H and O–H groups in total. The van der Waals surface area contributed by atoms with Crippen LogP contribution in [0.25, 0.3) is 0 Å². The molecular formula is C11H10Cl3NO. The zero-order chi connectivity index (χ0) is 12.1. The molecule has 0 aliphatic carbocycles. The fourth-order valence-corrected chi connectivity index (χ4v) is 1.47. The van der Waals surface area contributed by atoms with E-state index in [0.29, 0.717) is 11.4 Å². The number of hydrogen-bond donors (Lipinski definition) is 1. The van der Waals surface area contributed by atoms with Crippen molar-refractivity contribution in [3.05, 3.63) is 39.9 Å². The van der Waals surface area contributed by atoms with Crippen LogP contribution in [0.3, 0.4) is 0 Å². The van der Waals surface area contributed by atoms with E-state index in [2.05, 4.69) is 0 Å². The summed E-state index contributed by atoms with van der Waals surface area (Å²) in [6.45, 7) is 0. The molecule has 0 saturated carbocycles. The molecule has 1 aromatic carbocycles. The SMILES string of the molecule is COc1ccc(Cl)c(C/C=C(/Cl)C(=N)Cl)c1. The maximum atomic E-state index is 7.11. The Hall–Kier alpha value is -0.700. The minimum Gasteiger partial charge on any atom is -0.497 e. The summed E-state index contributed by atoms with van der Waals surface area (Å²) in [4.78, 5) is 0. The first-order valence-corrected chi connectivity index (χ1v) is 5.60. The molecule has 1 aromatic rings. The molecule has 0 amide bonds. The Morgan fingerprint density at radius 1 is 1.44 bits per heavy atom. The van der Waals surface area contributed by atoms with Crippen LogP contribution in [-0.4, -0.2) is 12.3 Å². The third-order valence-electron chi connectivity index (χ3n) is 1.96. The molecule has 0 unspecified atom stereocenters. The first-order chi connectivity index (χ1) is 7.54. The summed E-state index contributed by atoms with van der Waals surface area (Å²) in [6, 6.07) is 5.35. The Labute approximate surface area is 109 Å². The van der Waals surface area contributed by atoms with Crippen LogP contribution >= 0.6 is 34.8 Å². The second kappa shape index (κ2) is 6.14. The Bertz CT molecular complexity index is 429. The van der Waals surface area contributed by atoms with Crippen LogP contribution in [0.15, 0.2) is 29.3 Å². The zero-order valence-electron chi connectivity index (χ0n) is 8.56. The average Bonchev–Trinajstić information content (AvgIpc) is 2.27. The van der Waals surface area contributed by atoms with Crippen molar-refractivity contribution >= 4 is 40.0 Å². The standard InChI is InChI=1S/C11H10Cl3NO/c1-16-8-3-5-9(12)7(6-8)2-4-10(13)11(14)15/h3-6,15H,2H2,1H3/b10-4+,15-11?. The maximum absolute atomic E-state index is 7.11. The minimum absolute atomic E-state index is 0.180. The quantitative estimate of drug-likeness (QED) is 0.822. The number of benzene rings is 1. The first kappa shape index (κ1) is 13.4. The lowest BCUT2D eigenvalue weighted by molar-refractivity contribution is 0.414. The van der Waals surface area contributed by atoms with E-state index in [9.17, 15) is 0 Å². The molecule has 2 nitrogen and oxygen atoms in total. The smallest absolute Gasteiger partial charge is 0.139 e. The van der Waals surface area contributed by atoms with Gasteiger partial charge in [0.1, 0.15) is 10.9 Å². The number of ether oxygens (including phenoxy) is 1. The Balaban J connectivity index is 2.88. The summed E-state index contributed by atoms with van der Waals surface area (Å²) in [6.07, 6.45) is 2.14. The monoisotopic (exact) mass is 277 g/mol. The Kier molecular flexibility index (Phi) is 5.13. The molecule has 0 fully saturated rings. The number of hydrogen-bond acceptors (Lipinski definition) is 2. The number of nitrogens with one attached hydrogen (secondary N) is 1. The van der Waals surface area contributed by atoms with Gasteiger partial charge >= 0.3 is 0 Å². The molecule has 0 aliphatic heterocycles. The van der Waals surface area contributed by atoms with Gasteiger partial charge in [-0.05, 0) is 30.2 Å². The second-order valence-electron chi connectivity index (χ2n) is 3.03. The van der Waals surface area contributed by atoms with Gasteiger partial charge in [-0.1, -0.05) is 40.9 Å². The predicted molar refractivity (Wildman–Crippen MR) is 69.2 cm³/mol. The lowest BCUT2D eigenvalue weighted by Crippen LogP contribution is -1.90. The molecule has 0 radical (unpaired) electrons. The van der Waals surface area contributed by atoms with Crippen molar-refractivity contribution in [3.8, 4) is 5.75 Å². The van der Waals surface area contributed by atoms with E-state index < -0.39 is 0 Å². The lowest BCUT2D eigenvalue weighted by atomic mass is 10.1. The van der Waals surface area contributed by atoms with Crippen LogP contribution < -0.4 is 4.74 Å². The highest BCUT2D eigenvalue weighted by molar-refractivity contribution is 6.75. The van der Waals surface area contributed by atoms with Gasteiger partial charge in [-0.25, -0.2) is 0 Å². The molecular weight excluding hydrogens is 268 g/mol. The first-order valence-electron chi connectivity index (χ1n) is 4.47. The van der Waals surface area contributed by atoms with E-state index >= 15 is 0 Å². The van der Waals surface area contributed by atoms with Crippen molar-refractivity contribution in [2.24, 2.45) is 0 Å². The van der Waals surface area contributed by atoms with Crippen LogP contribution in [0.2, 0.25) is 5.02 Å². The third kappa shape index (κ3) is 3.71. The molecule has 16 heavy (non-hydrogen) atoms. The minimum atomic E-state index is -0.180. The van der Waals surface area contributed by atoms with E-state index in [0.717, 1.165) is 11.3 Å². The van der Waals surface area contributed by atoms with Gasteiger partial charge in [0.25, 0.3) is 0 Å². The molecule has 0 atom stereocenters. The van der Waals surface area contributed by atoms with Gasteiger partial charge < -0.3 is 4.74 Å². The lowest BCUT2D eigenvalue weighted by Gasteiger charge is -2.05. The zero-order valence-corrected chi connectivity index (χ0v) is 10.8. The molecule has 0 bridgehead atoms. The van der Waals surface area contributed by atoms with Crippen molar-refractivity contribution in [2.75, 3.05) is 7.11 Å². The largest absolute Gasteiger partial charge is 0.497 e. The topological polar surface area (TPSA) is 33.1 Å². The van der Waals surface area contributed by atoms with Gasteiger partial charge in [0.2, 0.25) is 0 Å². The van der Waals surface area contributed by atoms with Gasteiger partial charge in [0.15, 0.2) is 0 Å². The average molecular weight is 279 g/mol. The van der Waals surface area contributed by atoms with Gasteiger partial charge in [0, 0.05) is 5.02 Å². The van der Waals surface area contributed by atoms with Crippen LogP contribution in [0.5, 0.6) is 5.75 Å². The third-order valence-corrected chi connectivity index (χ3v) is 2.98. The van der Waals surface area contributed by atoms with Gasteiger partial charge in [-0.3, -0.25) is 5.41 Å². The van der Waals surface area contributed by atoms with Crippen LogP contribution in [0.1, 0.15) is 5.56 Å². The van der Waals surface area contributed by atoms with Gasteiger partial charge in [-0.15, -0.1) is 0 Å². The van der Waals surface area contributed by atoms with Gasteiger partial charge in [0.05, 0.1) is 12.1 Å². The van der Waals surface area contributed by atoms with Crippen LogP contribution in [0.4, 0.5) is 0 Å². The number of allylic oxidation sites excluding steroid dienone is 2. The molecule has 0 heterocycles. The van der Waals surface area contributed by atoms with Crippen molar-refractivity contribution in [1.82, 2.24) is 0 Å².